The summed E-state index contributed by atoms with van der Waals surface area (Å²) in [5, 5.41) is 9.14. The first-order valence-electron chi connectivity index (χ1n) is 5.92. The minimum atomic E-state index is -3.69. The SMILES string of the molecule is Cc1sc(Cl)cc1S(=O)(=O)N1CCN(C)C(C(=O)O)C1. The Morgan fingerprint density at radius 3 is 2.65 bits per heavy atom. The number of hydrogen-bond donors (Lipinski definition) is 1. The van der Waals surface area contributed by atoms with Gasteiger partial charge in [-0.3, -0.25) is 9.69 Å². The zero-order valence-corrected chi connectivity index (χ0v) is 13.4. The predicted molar refractivity (Wildman–Crippen MR) is 76.9 cm³/mol. The van der Waals surface area contributed by atoms with Gasteiger partial charge >= 0.3 is 5.97 Å². The maximum Gasteiger partial charge on any atom is 0.322 e. The molecular formula is C11H15ClN2O4S2. The van der Waals surface area contributed by atoms with Crippen LogP contribution >= 0.6 is 22.9 Å². The van der Waals surface area contributed by atoms with Crippen molar-refractivity contribution in [2.24, 2.45) is 0 Å². The van der Waals surface area contributed by atoms with Gasteiger partial charge in [-0.05, 0) is 20.0 Å². The minimum absolute atomic E-state index is 0.0545. The third-order valence-corrected chi connectivity index (χ3v) is 6.66. The molecule has 1 unspecified atom stereocenters. The average molecular weight is 339 g/mol. The van der Waals surface area contributed by atoms with Crippen LogP contribution in [0.2, 0.25) is 4.34 Å². The van der Waals surface area contributed by atoms with Gasteiger partial charge < -0.3 is 5.11 Å². The molecule has 2 rings (SSSR count). The molecule has 1 fully saturated rings. The summed E-state index contributed by atoms with van der Waals surface area (Å²) in [6.45, 7) is 2.29. The lowest BCUT2D eigenvalue weighted by Crippen LogP contribution is -2.56. The summed E-state index contributed by atoms with van der Waals surface area (Å²) in [4.78, 5) is 13.6. The summed E-state index contributed by atoms with van der Waals surface area (Å²) in [5.74, 6) is -1.02. The van der Waals surface area contributed by atoms with Crippen molar-refractivity contribution in [1.29, 1.82) is 0 Å². The Morgan fingerprint density at radius 2 is 2.15 bits per heavy atom. The van der Waals surface area contributed by atoms with Crippen LogP contribution in [0.4, 0.5) is 0 Å². The summed E-state index contributed by atoms with van der Waals surface area (Å²) in [5.41, 5.74) is 0. The molecule has 112 valence electrons. The van der Waals surface area contributed by atoms with Crippen LogP contribution in [0.15, 0.2) is 11.0 Å². The van der Waals surface area contributed by atoms with Crippen molar-refractivity contribution >= 4 is 38.9 Å². The monoisotopic (exact) mass is 338 g/mol. The highest BCUT2D eigenvalue weighted by molar-refractivity contribution is 7.89. The lowest BCUT2D eigenvalue weighted by atomic mass is 10.2. The Balaban J connectivity index is 2.31. The number of aryl methyl sites for hydroxylation is 1. The fourth-order valence-corrected chi connectivity index (χ4v) is 5.39. The molecule has 0 spiro atoms. The molecule has 6 nitrogen and oxygen atoms in total. The maximum atomic E-state index is 12.6. The molecule has 0 amide bonds. The maximum absolute atomic E-state index is 12.6. The van der Waals surface area contributed by atoms with Crippen LogP contribution in [0, 0.1) is 6.92 Å². The lowest BCUT2D eigenvalue weighted by Gasteiger charge is -2.36. The summed E-state index contributed by atoms with van der Waals surface area (Å²) in [6.07, 6.45) is 0. The van der Waals surface area contributed by atoms with Gasteiger partial charge in [0, 0.05) is 24.5 Å². The molecule has 0 bridgehead atoms. The normalized spacial score (nSPS) is 22.1. The molecule has 1 aliphatic rings. The number of thiophene rings is 1. The van der Waals surface area contributed by atoms with E-state index in [0.29, 0.717) is 15.8 Å². The predicted octanol–water partition coefficient (Wildman–Crippen LogP) is 1.10. The van der Waals surface area contributed by atoms with Crippen molar-refractivity contribution < 1.29 is 18.3 Å². The number of aliphatic carboxylic acids is 1. The second-order valence-electron chi connectivity index (χ2n) is 4.67. The lowest BCUT2D eigenvalue weighted by molar-refractivity contribution is -0.144. The van der Waals surface area contributed by atoms with Gasteiger partial charge in [0.15, 0.2) is 0 Å². The first kappa shape index (κ1) is 15.7. The highest BCUT2D eigenvalue weighted by atomic mass is 35.5. The molecule has 1 aromatic heterocycles. The minimum Gasteiger partial charge on any atom is -0.480 e. The number of sulfonamides is 1. The Hall–Kier alpha value is -0.670. The van der Waals surface area contributed by atoms with Gasteiger partial charge in [0.25, 0.3) is 0 Å². The van der Waals surface area contributed by atoms with Crippen LogP contribution in [-0.4, -0.2) is 61.4 Å². The Morgan fingerprint density at radius 1 is 1.50 bits per heavy atom. The largest absolute Gasteiger partial charge is 0.480 e. The average Bonchev–Trinajstić information content (AvgIpc) is 2.69. The zero-order valence-electron chi connectivity index (χ0n) is 11.0. The van der Waals surface area contributed by atoms with E-state index < -0.39 is 22.0 Å². The molecule has 1 N–H and O–H groups in total. The van der Waals surface area contributed by atoms with E-state index in [1.165, 1.54) is 21.7 Å². The second-order valence-corrected chi connectivity index (χ2v) is 8.46. The first-order valence-corrected chi connectivity index (χ1v) is 8.56. The summed E-state index contributed by atoms with van der Waals surface area (Å²) in [7, 11) is -2.02. The van der Waals surface area contributed by atoms with E-state index in [9.17, 15) is 13.2 Å². The molecule has 1 atom stereocenters. The van der Waals surface area contributed by atoms with Crippen LogP contribution in [-0.2, 0) is 14.8 Å². The molecule has 1 aromatic rings. The van der Waals surface area contributed by atoms with E-state index in [1.54, 1.807) is 18.9 Å². The number of rotatable bonds is 3. The van der Waals surface area contributed by atoms with Crippen LogP contribution < -0.4 is 0 Å². The molecule has 0 saturated carbocycles. The van der Waals surface area contributed by atoms with Gasteiger partial charge in [-0.2, -0.15) is 4.31 Å². The molecule has 2 heterocycles. The van der Waals surface area contributed by atoms with E-state index in [0.717, 1.165) is 0 Å². The second kappa shape index (κ2) is 5.61. The Bertz CT molecular complexity index is 628. The Kier molecular flexibility index (Phi) is 4.41. The number of carboxylic acids is 1. The molecule has 0 radical (unpaired) electrons. The molecule has 1 saturated heterocycles. The molecule has 1 aliphatic heterocycles. The van der Waals surface area contributed by atoms with Crippen LogP contribution in [0.5, 0.6) is 0 Å². The van der Waals surface area contributed by atoms with Gasteiger partial charge in [0.05, 0.1) is 9.23 Å². The number of nitrogens with zero attached hydrogens (tertiary/aromatic N) is 2. The quantitative estimate of drug-likeness (QED) is 0.893. The number of carbonyl (C=O) groups is 1. The first-order chi connectivity index (χ1) is 9.23. The van der Waals surface area contributed by atoms with Crippen molar-refractivity contribution in [3.8, 4) is 0 Å². The molecule has 20 heavy (non-hydrogen) atoms. The van der Waals surface area contributed by atoms with Crippen molar-refractivity contribution in [3.05, 3.63) is 15.3 Å². The third-order valence-electron chi connectivity index (χ3n) is 3.36. The van der Waals surface area contributed by atoms with E-state index in [-0.39, 0.29) is 18.0 Å². The smallest absolute Gasteiger partial charge is 0.322 e. The number of carboxylic acid groups (broad SMARTS) is 1. The molecule has 9 heteroatoms. The molecular weight excluding hydrogens is 324 g/mol. The van der Waals surface area contributed by atoms with Gasteiger partial charge in [-0.15, -0.1) is 11.3 Å². The Labute approximate surface area is 126 Å². The standard InChI is InChI=1S/C11H15ClN2O4S2/c1-7-9(5-10(12)19-7)20(17,18)14-4-3-13(2)8(6-14)11(15)16/h5,8H,3-4,6H2,1-2H3,(H,15,16). The van der Waals surface area contributed by atoms with Gasteiger partial charge in [0.1, 0.15) is 6.04 Å². The van der Waals surface area contributed by atoms with Gasteiger partial charge in [-0.1, -0.05) is 11.6 Å². The topological polar surface area (TPSA) is 77.9 Å². The van der Waals surface area contributed by atoms with Crippen molar-refractivity contribution in [2.45, 2.75) is 17.9 Å². The highest BCUT2D eigenvalue weighted by Crippen LogP contribution is 2.31. The summed E-state index contributed by atoms with van der Waals surface area (Å²) >= 11 is 7.05. The van der Waals surface area contributed by atoms with E-state index >= 15 is 0 Å². The molecule has 0 aromatic carbocycles. The zero-order chi connectivity index (χ0) is 15.1. The number of likely N-dealkylation sites (N-methyl/N-ethyl adjacent to an activating group) is 1. The highest BCUT2D eigenvalue weighted by Gasteiger charge is 2.37. The third kappa shape index (κ3) is 2.84. The van der Waals surface area contributed by atoms with Crippen LogP contribution in [0.1, 0.15) is 4.88 Å². The van der Waals surface area contributed by atoms with E-state index in [2.05, 4.69) is 0 Å². The van der Waals surface area contributed by atoms with Crippen molar-refractivity contribution in [2.75, 3.05) is 26.7 Å². The fourth-order valence-electron chi connectivity index (χ4n) is 2.16. The van der Waals surface area contributed by atoms with Crippen LogP contribution in [0.3, 0.4) is 0 Å². The van der Waals surface area contributed by atoms with Crippen molar-refractivity contribution in [3.63, 3.8) is 0 Å². The number of halogens is 1. The fraction of sp³-hybridized carbons (Fsp3) is 0.545. The molecule has 0 aliphatic carbocycles. The number of hydrogen-bond acceptors (Lipinski definition) is 5. The summed E-state index contributed by atoms with van der Waals surface area (Å²) < 4.78 is 26.7. The summed E-state index contributed by atoms with van der Waals surface area (Å²) in [6, 6.07) is 0.596. The van der Waals surface area contributed by atoms with Crippen LogP contribution in [0.25, 0.3) is 0 Å². The number of piperazine rings is 1. The van der Waals surface area contributed by atoms with Gasteiger partial charge in [-0.25, -0.2) is 8.42 Å². The van der Waals surface area contributed by atoms with E-state index in [1.807, 2.05) is 0 Å². The van der Waals surface area contributed by atoms with E-state index in [4.69, 9.17) is 16.7 Å². The van der Waals surface area contributed by atoms with Crippen molar-refractivity contribution in [1.82, 2.24) is 9.21 Å². The van der Waals surface area contributed by atoms with Gasteiger partial charge in [0.2, 0.25) is 10.0 Å².